The largest absolute Gasteiger partial charge is 0.497 e. The summed E-state index contributed by atoms with van der Waals surface area (Å²) >= 11 is 6.28. The molecule has 4 atom stereocenters. The lowest BCUT2D eigenvalue weighted by Crippen LogP contribution is -2.53. The van der Waals surface area contributed by atoms with Crippen LogP contribution in [-0.2, 0) is 15.1 Å². The van der Waals surface area contributed by atoms with Crippen LogP contribution in [0.5, 0.6) is 5.75 Å². The van der Waals surface area contributed by atoms with Crippen molar-refractivity contribution in [3.63, 3.8) is 0 Å². The van der Waals surface area contributed by atoms with Gasteiger partial charge >= 0.3 is 0 Å². The maximum Gasteiger partial charge on any atom is 0.250 e. The van der Waals surface area contributed by atoms with Crippen molar-refractivity contribution in [3.05, 3.63) is 53.1 Å². The number of carbonyl (C=O) groups is 2. The fourth-order valence-electron chi connectivity index (χ4n) is 4.21. The highest BCUT2D eigenvalue weighted by Gasteiger charge is 2.61. The van der Waals surface area contributed by atoms with Crippen molar-refractivity contribution in [3.8, 4) is 5.75 Å². The minimum atomic E-state index is -1.29. The van der Waals surface area contributed by atoms with Crippen molar-refractivity contribution >= 4 is 34.8 Å². The van der Waals surface area contributed by atoms with Gasteiger partial charge in [0.15, 0.2) is 0 Å². The van der Waals surface area contributed by atoms with Gasteiger partial charge in [-0.1, -0.05) is 23.7 Å². The van der Waals surface area contributed by atoms with E-state index >= 15 is 0 Å². The van der Waals surface area contributed by atoms with Crippen LogP contribution in [0.25, 0.3) is 0 Å². The predicted octanol–water partition coefficient (Wildman–Crippen LogP) is 2.49. The molecule has 4 N–H and O–H groups in total. The summed E-state index contributed by atoms with van der Waals surface area (Å²) in [5.74, 6) is -0.716. The molecule has 1 spiro atoms. The number of halogens is 1. The SMILES string of the molecule is COc1ccc(NC(=O)[C@H]2C[C@H]([C@@H](C)O)N[C@]23C(=O)Nc2c(Cl)cccc23)cc1. The molecule has 1 saturated heterocycles. The molecule has 1 fully saturated rings. The summed E-state index contributed by atoms with van der Waals surface area (Å²) < 4.78 is 5.14. The van der Waals surface area contributed by atoms with E-state index in [1.165, 1.54) is 0 Å². The number of methoxy groups -OCH3 is 1. The number of aliphatic hydroxyl groups is 1. The van der Waals surface area contributed by atoms with Crippen LogP contribution in [0.3, 0.4) is 0 Å². The number of anilines is 2. The molecule has 2 heterocycles. The van der Waals surface area contributed by atoms with Crippen LogP contribution in [-0.4, -0.2) is 36.2 Å². The smallest absolute Gasteiger partial charge is 0.250 e. The molecule has 0 bridgehead atoms. The van der Waals surface area contributed by atoms with E-state index in [1.54, 1.807) is 56.5 Å². The lowest BCUT2D eigenvalue weighted by molar-refractivity contribution is -0.130. The lowest BCUT2D eigenvalue weighted by atomic mass is 9.79. The van der Waals surface area contributed by atoms with E-state index in [0.717, 1.165) is 0 Å². The first-order chi connectivity index (χ1) is 13.9. The molecular formula is C21H22ClN3O4. The number of hydrogen-bond acceptors (Lipinski definition) is 5. The van der Waals surface area contributed by atoms with Crippen molar-refractivity contribution in [1.82, 2.24) is 5.32 Å². The first-order valence-corrected chi connectivity index (χ1v) is 9.75. The molecule has 0 aliphatic carbocycles. The number of amides is 2. The molecule has 2 aliphatic heterocycles. The van der Waals surface area contributed by atoms with Crippen molar-refractivity contribution in [2.45, 2.75) is 31.0 Å². The normalized spacial score (nSPS) is 26.1. The maximum atomic E-state index is 13.3. The quantitative estimate of drug-likeness (QED) is 0.614. The van der Waals surface area contributed by atoms with Gasteiger partial charge in [0.25, 0.3) is 0 Å². The molecule has 0 unspecified atom stereocenters. The Bertz CT molecular complexity index is 963. The molecule has 0 saturated carbocycles. The van der Waals surface area contributed by atoms with E-state index in [1.807, 2.05) is 0 Å². The zero-order valence-electron chi connectivity index (χ0n) is 16.0. The monoisotopic (exact) mass is 415 g/mol. The van der Waals surface area contributed by atoms with Crippen LogP contribution in [0.1, 0.15) is 18.9 Å². The zero-order chi connectivity index (χ0) is 20.8. The second-order valence-electron chi connectivity index (χ2n) is 7.42. The van der Waals surface area contributed by atoms with Gasteiger partial charge in [-0.25, -0.2) is 0 Å². The topological polar surface area (TPSA) is 99.7 Å². The third kappa shape index (κ3) is 3.15. The molecule has 29 heavy (non-hydrogen) atoms. The molecule has 0 radical (unpaired) electrons. The minimum Gasteiger partial charge on any atom is -0.497 e. The van der Waals surface area contributed by atoms with Gasteiger partial charge in [0, 0.05) is 17.3 Å². The summed E-state index contributed by atoms with van der Waals surface area (Å²) in [6.45, 7) is 1.64. The van der Waals surface area contributed by atoms with Gasteiger partial charge in [0.2, 0.25) is 11.8 Å². The summed E-state index contributed by atoms with van der Waals surface area (Å²) in [6, 6.07) is 11.8. The van der Waals surface area contributed by atoms with Gasteiger partial charge in [-0.3, -0.25) is 14.9 Å². The Morgan fingerprint density at radius 1 is 1.31 bits per heavy atom. The Morgan fingerprint density at radius 2 is 2.03 bits per heavy atom. The van der Waals surface area contributed by atoms with Gasteiger partial charge in [0.1, 0.15) is 11.3 Å². The molecule has 2 aromatic carbocycles. The number of para-hydroxylation sites is 1. The average Bonchev–Trinajstić information content (AvgIpc) is 3.24. The summed E-state index contributed by atoms with van der Waals surface area (Å²) in [7, 11) is 1.57. The van der Waals surface area contributed by atoms with E-state index in [0.29, 0.717) is 34.1 Å². The van der Waals surface area contributed by atoms with Gasteiger partial charge in [-0.05, 0) is 43.7 Å². The van der Waals surface area contributed by atoms with Gasteiger partial charge < -0.3 is 20.5 Å². The van der Waals surface area contributed by atoms with Crippen molar-refractivity contribution in [1.29, 1.82) is 0 Å². The van der Waals surface area contributed by atoms with E-state index in [9.17, 15) is 14.7 Å². The van der Waals surface area contributed by atoms with Crippen molar-refractivity contribution in [2.24, 2.45) is 5.92 Å². The van der Waals surface area contributed by atoms with Gasteiger partial charge in [0.05, 0.1) is 29.8 Å². The van der Waals surface area contributed by atoms with E-state index in [4.69, 9.17) is 16.3 Å². The third-order valence-corrected chi connectivity index (χ3v) is 6.03. The summed E-state index contributed by atoms with van der Waals surface area (Å²) in [5, 5.41) is 19.5. The van der Waals surface area contributed by atoms with Crippen LogP contribution in [0, 0.1) is 5.92 Å². The number of hydrogen-bond donors (Lipinski definition) is 4. The molecule has 2 aliphatic rings. The molecule has 0 aromatic heterocycles. The fraction of sp³-hybridized carbons (Fsp3) is 0.333. The van der Waals surface area contributed by atoms with Crippen LogP contribution >= 0.6 is 11.6 Å². The summed E-state index contributed by atoms with van der Waals surface area (Å²) in [6.07, 6.45) is -0.430. The van der Waals surface area contributed by atoms with Crippen molar-refractivity contribution in [2.75, 3.05) is 17.7 Å². The standard InChI is InChI=1S/C21H22ClN3O4/c1-11(26)17-10-15(19(27)23-12-6-8-13(29-2)9-7-12)21(25-17)14-4-3-5-16(22)18(14)24-20(21)28/h3-9,11,15,17,25-26H,10H2,1-2H3,(H,23,27)(H,24,28)/t11-,15-,17-,21+/m1/s1. The second-order valence-corrected chi connectivity index (χ2v) is 7.83. The molecule has 2 amide bonds. The second kappa shape index (κ2) is 7.33. The number of nitrogens with one attached hydrogen (secondary N) is 3. The fourth-order valence-corrected chi connectivity index (χ4v) is 4.43. The first-order valence-electron chi connectivity index (χ1n) is 9.38. The van der Waals surface area contributed by atoms with Crippen LogP contribution < -0.4 is 20.7 Å². The van der Waals surface area contributed by atoms with E-state index < -0.39 is 23.6 Å². The number of rotatable bonds is 4. The zero-order valence-corrected chi connectivity index (χ0v) is 16.8. The molecular weight excluding hydrogens is 394 g/mol. The Labute approximate surface area is 173 Å². The predicted molar refractivity (Wildman–Crippen MR) is 110 cm³/mol. The molecule has 8 heteroatoms. The molecule has 7 nitrogen and oxygen atoms in total. The minimum absolute atomic E-state index is 0.305. The first kappa shape index (κ1) is 19.7. The Hall–Kier alpha value is -2.61. The number of fused-ring (bicyclic) bond motifs is 2. The summed E-state index contributed by atoms with van der Waals surface area (Å²) in [4.78, 5) is 26.4. The molecule has 4 rings (SSSR count). The highest BCUT2D eigenvalue weighted by Crippen LogP contribution is 2.49. The molecule has 152 valence electrons. The number of ether oxygens (including phenoxy) is 1. The molecule has 2 aromatic rings. The van der Waals surface area contributed by atoms with Crippen molar-refractivity contribution < 1.29 is 19.4 Å². The van der Waals surface area contributed by atoms with Crippen LogP contribution in [0.4, 0.5) is 11.4 Å². The number of carbonyl (C=O) groups excluding carboxylic acids is 2. The number of benzene rings is 2. The van der Waals surface area contributed by atoms with E-state index in [-0.39, 0.29) is 11.8 Å². The Kier molecular flexibility index (Phi) is 4.98. The summed E-state index contributed by atoms with van der Waals surface area (Å²) in [5.41, 5.74) is 0.419. The van der Waals surface area contributed by atoms with E-state index in [2.05, 4.69) is 16.0 Å². The Balaban J connectivity index is 1.71. The highest BCUT2D eigenvalue weighted by atomic mass is 35.5. The average molecular weight is 416 g/mol. The third-order valence-electron chi connectivity index (χ3n) is 5.72. The van der Waals surface area contributed by atoms with Gasteiger partial charge in [-0.15, -0.1) is 0 Å². The number of aliphatic hydroxyl groups excluding tert-OH is 1. The van der Waals surface area contributed by atoms with Crippen LogP contribution in [0.2, 0.25) is 5.02 Å². The Morgan fingerprint density at radius 3 is 2.69 bits per heavy atom. The van der Waals surface area contributed by atoms with Crippen LogP contribution in [0.15, 0.2) is 42.5 Å². The maximum absolute atomic E-state index is 13.3. The van der Waals surface area contributed by atoms with Gasteiger partial charge in [-0.2, -0.15) is 0 Å². The highest BCUT2D eigenvalue weighted by molar-refractivity contribution is 6.35. The lowest BCUT2D eigenvalue weighted by Gasteiger charge is -2.29.